The molecule has 0 radical (unpaired) electrons. The Labute approximate surface area is 189 Å². The van der Waals surface area contributed by atoms with E-state index in [1.807, 2.05) is 6.07 Å². The molecule has 32 heavy (non-hydrogen) atoms. The molecule has 3 N–H and O–H groups in total. The van der Waals surface area contributed by atoms with Crippen molar-refractivity contribution in [2.24, 2.45) is 0 Å². The standard InChI is InChI=1S/C23H31FN4O3S/c1-28(23(29)20-12-5-6-13-21(20)27-32(2,30)31)14-7-3-4-11-19-16-22(26-25-19)17-9-8-10-18(24)15-17/h5-6,8-10,12-13,15,19,22,25-27H,3-4,7,11,14,16H2,1-2H3. The first kappa shape index (κ1) is 24.2. The molecule has 0 bridgehead atoms. The molecule has 174 valence electrons. The summed E-state index contributed by atoms with van der Waals surface area (Å²) in [7, 11) is -1.74. The summed E-state index contributed by atoms with van der Waals surface area (Å²) in [6.45, 7) is 0.592. The largest absolute Gasteiger partial charge is 0.342 e. The summed E-state index contributed by atoms with van der Waals surface area (Å²) in [6.07, 6.45) is 5.82. The van der Waals surface area contributed by atoms with Crippen LogP contribution >= 0.6 is 0 Å². The van der Waals surface area contributed by atoms with Crippen molar-refractivity contribution >= 4 is 21.6 Å². The van der Waals surface area contributed by atoms with Gasteiger partial charge >= 0.3 is 0 Å². The molecular weight excluding hydrogens is 431 g/mol. The Bertz CT molecular complexity index is 1030. The van der Waals surface area contributed by atoms with Gasteiger partial charge in [0.1, 0.15) is 5.82 Å². The number of nitrogens with zero attached hydrogens (tertiary/aromatic N) is 1. The van der Waals surface area contributed by atoms with Gasteiger partial charge in [-0.2, -0.15) is 0 Å². The first-order chi connectivity index (χ1) is 15.2. The predicted octanol–water partition coefficient (Wildman–Crippen LogP) is 3.44. The molecule has 1 aliphatic heterocycles. The van der Waals surface area contributed by atoms with Crippen LogP contribution in [0.5, 0.6) is 0 Å². The number of amides is 1. The van der Waals surface area contributed by atoms with E-state index in [-0.39, 0.29) is 17.8 Å². The van der Waals surface area contributed by atoms with Crippen LogP contribution in [-0.4, -0.2) is 45.1 Å². The van der Waals surface area contributed by atoms with Gasteiger partial charge in [0.2, 0.25) is 10.0 Å². The van der Waals surface area contributed by atoms with Gasteiger partial charge in [0, 0.05) is 25.7 Å². The highest BCUT2D eigenvalue weighted by atomic mass is 32.2. The van der Waals surface area contributed by atoms with Gasteiger partial charge in [-0.3, -0.25) is 20.4 Å². The van der Waals surface area contributed by atoms with Crippen molar-refractivity contribution in [3.05, 3.63) is 65.5 Å². The van der Waals surface area contributed by atoms with Gasteiger partial charge < -0.3 is 4.90 Å². The Balaban J connectivity index is 1.39. The molecule has 0 spiro atoms. The van der Waals surface area contributed by atoms with Crippen molar-refractivity contribution in [3.63, 3.8) is 0 Å². The highest BCUT2D eigenvalue weighted by Gasteiger charge is 2.24. The maximum Gasteiger partial charge on any atom is 0.255 e. The van der Waals surface area contributed by atoms with E-state index in [0.717, 1.165) is 43.9 Å². The number of nitrogens with one attached hydrogen (secondary N) is 3. The van der Waals surface area contributed by atoms with Crippen LogP contribution in [0, 0.1) is 5.82 Å². The number of hydrogen-bond acceptors (Lipinski definition) is 5. The Kier molecular flexibility index (Phi) is 8.22. The molecule has 0 saturated carbocycles. The van der Waals surface area contributed by atoms with Crippen molar-refractivity contribution in [3.8, 4) is 0 Å². The number of carbonyl (C=O) groups is 1. The second-order valence-electron chi connectivity index (χ2n) is 8.32. The van der Waals surface area contributed by atoms with Gasteiger partial charge in [0.05, 0.1) is 17.5 Å². The number of para-hydroxylation sites is 1. The van der Waals surface area contributed by atoms with Crippen molar-refractivity contribution < 1.29 is 17.6 Å². The third-order valence-corrected chi connectivity index (χ3v) is 6.17. The van der Waals surface area contributed by atoms with Crippen LogP contribution in [0.3, 0.4) is 0 Å². The van der Waals surface area contributed by atoms with Crippen molar-refractivity contribution in [2.75, 3.05) is 24.6 Å². The SMILES string of the molecule is CN(CCCCCC1CC(c2cccc(F)c2)NN1)C(=O)c1ccccc1NS(C)(=O)=O. The fraction of sp³-hybridized carbons (Fsp3) is 0.435. The molecule has 0 aromatic heterocycles. The summed E-state index contributed by atoms with van der Waals surface area (Å²) in [5.41, 5.74) is 8.12. The zero-order chi connectivity index (χ0) is 23.1. The molecule has 0 aliphatic carbocycles. The lowest BCUT2D eigenvalue weighted by Crippen LogP contribution is -2.31. The molecule has 1 saturated heterocycles. The highest BCUT2D eigenvalue weighted by molar-refractivity contribution is 7.92. The average molecular weight is 463 g/mol. The van der Waals surface area contributed by atoms with Gasteiger partial charge in [0.25, 0.3) is 5.91 Å². The smallest absolute Gasteiger partial charge is 0.255 e. The number of halogens is 1. The Hall–Kier alpha value is -2.49. The molecular formula is C23H31FN4O3S. The van der Waals surface area contributed by atoms with E-state index < -0.39 is 10.0 Å². The Morgan fingerprint density at radius 2 is 1.91 bits per heavy atom. The second kappa shape index (κ2) is 10.9. The number of unbranched alkanes of at least 4 members (excludes halogenated alkanes) is 2. The third kappa shape index (κ3) is 7.01. The summed E-state index contributed by atoms with van der Waals surface area (Å²) >= 11 is 0. The van der Waals surface area contributed by atoms with Crippen LogP contribution in [0.2, 0.25) is 0 Å². The number of rotatable bonds is 10. The number of anilines is 1. The minimum Gasteiger partial charge on any atom is -0.342 e. The maximum atomic E-state index is 13.4. The Morgan fingerprint density at radius 1 is 1.12 bits per heavy atom. The van der Waals surface area contributed by atoms with Gasteiger partial charge in [-0.15, -0.1) is 0 Å². The number of benzene rings is 2. The Morgan fingerprint density at radius 3 is 2.66 bits per heavy atom. The van der Waals surface area contributed by atoms with Crippen LogP contribution in [0.15, 0.2) is 48.5 Å². The molecule has 7 nitrogen and oxygen atoms in total. The zero-order valence-corrected chi connectivity index (χ0v) is 19.3. The fourth-order valence-electron chi connectivity index (χ4n) is 3.94. The normalized spacial score (nSPS) is 18.5. The first-order valence-corrected chi connectivity index (χ1v) is 12.7. The molecule has 2 aromatic carbocycles. The van der Waals surface area contributed by atoms with Crippen molar-refractivity contribution in [1.29, 1.82) is 0 Å². The molecule has 1 heterocycles. The van der Waals surface area contributed by atoms with E-state index in [4.69, 9.17) is 0 Å². The van der Waals surface area contributed by atoms with Gasteiger partial charge in [-0.05, 0) is 49.1 Å². The van der Waals surface area contributed by atoms with E-state index >= 15 is 0 Å². The lowest BCUT2D eigenvalue weighted by atomic mass is 9.99. The van der Waals surface area contributed by atoms with Crippen molar-refractivity contribution in [1.82, 2.24) is 15.8 Å². The van der Waals surface area contributed by atoms with Crippen LogP contribution < -0.4 is 15.6 Å². The minimum absolute atomic E-state index is 0.111. The number of carbonyl (C=O) groups excluding carboxylic acids is 1. The third-order valence-electron chi connectivity index (χ3n) is 5.58. The van der Waals surface area contributed by atoms with Gasteiger partial charge in [-0.1, -0.05) is 37.1 Å². The summed E-state index contributed by atoms with van der Waals surface area (Å²) in [5, 5.41) is 0. The predicted molar refractivity (Wildman–Crippen MR) is 124 cm³/mol. The zero-order valence-electron chi connectivity index (χ0n) is 18.5. The van der Waals surface area contributed by atoms with E-state index in [9.17, 15) is 17.6 Å². The van der Waals surface area contributed by atoms with E-state index in [1.54, 1.807) is 48.3 Å². The molecule has 2 atom stereocenters. The second-order valence-corrected chi connectivity index (χ2v) is 10.1. The average Bonchev–Trinajstić information content (AvgIpc) is 3.21. The minimum atomic E-state index is -3.47. The monoisotopic (exact) mass is 462 g/mol. The molecule has 3 rings (SSSR count). The highest BCUT2D eigenvalue weighted by Crippen LogP contribution is 2.25. The lowest BCUT2D eigenvalue weighted by Gasteiger charge is -2.19. The van der Waals surface area contributed by atoms with Gasteiger partial charge in [-0.25, -0.2) is 12.8 Å². The van der Waals surface area contributed by atoms with Gasteiger partial charge in [0.15, 0.2) is 0 Å². The summed E-state index contributed by atoms with van der Waals surface area (Å²) in [6, 6.07) is 13.7. The summed E-state index contributed by atoms with van der Waals surface area (Å²) in [5.74, 6) is -0.433. The van der Waals surface area contributed by atoms with Crippen LogP contribution in [0.1, 0.15) is 54.1 Å². The molecule has 9 heteroatoms. The summed E-state index contributed by atoms with van der Waals surface area (Å²) < 4.78 is 38.9. The molecule has 1 fully saturated rings. The van der Waals surface area contributed by atoms with E-state index in [0.29, 0.717) is 23.8 Å². The summed E-state index contributed by atoms with van der Waals surface area (Å²) in [4.78, 5) is 14.4. The van der Waals surface area contributed by atoms with E-state index in [2.05, 4.69) is 15.6 Å². The lowest BCUT2D eigenvalue weighted by molar-refractivity contribution is 0.0793. The molecule has 1 amide bonds. The number of sulfonamides is 1. The van der Waals surface area contributed by atoms with E-state index in [1.165, 1.54) is 6.07 Å². The molecule has 1 aliphatic rings. The molecule has 2 aromatic rings. The first-order valence-electron chi connectivity index (χ1n) is 10.8. The molecule has 2 unspecified atom stereocenters. The van der Waals surface area contributed by atoms with Crippen molar-refractivity contribution in [2.45, 2.75) is 44.2 Å². The van der Waals surface area contributed by atoms with Crippen LogP contribution in [-0.2, 0) is 10.0 Å². The fourth-order valence-corrected chi connectivity index (χ4v) is 4.51. The number of hydrogen-bond donors (Lipinski definition) is 3. The maximum absolute atomic E-state index is 13.4. The van der Waals surface area contributed by atoms with Crippen LogP contribution in [0.25, 0.3) is 0 Å². The van der Waals surface area contributed by atoms with Crippen LogP contribution in [0.4, 0.5) is 10.1 Å². The number of hydrazine groups is 1. The topological polar surface area (TPSA) is 90.5 Å². The quantitative estimate of drug-likeness (QED) is 0.471.